The highest BCUT2D eigenvalue weighted by Crippen LogP contribution is 2.08. The van der Waals surface area contributed by atoms with Gasteiger partial charge in [0.05, 0.1) is 0 Å². The topological polar surface area (TPSA) is 83.8 Å². The Morgan fingerprint density at radius 3 is 2.75 bits per heavy atom. The standard InChI is InChI=1S/C17H20N4O3/c1-12-4-5-14-19-10-13(17(24)21(14)11-12)16(23)18-7-6-15(22)20-8-2-3-9-20/h4-5,10-11H,2-3,6-9H2,1H3,(H,18,23). The van der Waals surface area contributed by atoms with E-state index in [1.807, 2.05) is 13.0 Å². The van der Waals surface area contributed by atoms with Crippen LogP contribution in [0.15, 0.2) is 29.3 Å². The summed E-state index contributed by atoms with van der Waals surface area (Å²) in [6.07, 6.45) is 5.25. The summed E-state index contributed by atoms with van der Waals surface area (Å²) in [5, 5.41) is 2.63. The lowest BCUT2D eigenvalue weighted by Crippen LogP contribution is -2.35. The van der Waals surface area contributed by atoms with Crippen molar-refractivity contribution in [1.29, 1.82) is 0 Å². The maximum absolute atomic E-state index is 12.4. The van der Waals surface area contributed by atoms with Crippen LogP contribution < -0.4 is 10.9 Å². The lowest BCUT2D eigenvalue weighted by molar-refractivity contribution is -0.129. The molecule has 1 aliphatic rings. The van der Waals surface area contributed by atoms with E-state index in [2.05, 4.69) is 10.3 Å². The fraction of sp³-hybridized carbons (Fsp3) is 0.412. The monoisotopic (exact) mass is 328 g/mol. The molecule has 0 saturated carbocycles. The molecule has 2 amide bonds. The molecule has 2 aromatic rings. The minimum Gasteiger partial charge on any atom is -0.351 e. The van der Waals surface area contributed by atoms with Crippen LogP contribution in [-0.2, 0) is 4.79 Å². The van der Waals surface area contributed by atoms with Crippen molar-refractivity contribution in [3.63, 3.8) is 0 Å². The maximum Gasteiger partial charge on any atom is 0.270 e. The van der Waals surface area contributed by atoms with Crippen LogP contribution in [-0.4, -0.2) is 45.7 Å². The van der Waals surface area contributed by atoms with Crippen LogP contribution in [0, 0.1) is 6.92 Å². The molecule has 0 aliphatic carbocycles. The Morgan fingerprint density at radius 1 is 1.25 bits per heavy atom. The molecule has 2 aromatic heterocycles. The lowest BCUT2D eigenvalue weighted by atomic mass is 10.2. The van der Waals surface area contributed by atoms with Gasteiger partial charge in [-0.25, -0.2) is 4.98 Å². The first-order chi connectivity index (χ1) is 11.6. The molecule has 0 radical (unpaired) electrons. The zero-order valence-electron chi connectivity index (χ0n) is 13.6. The van der Waals surface area contributed by atoms with Crippen LogP contribution in [0.3, 0.4) is 0 Å². The molecular weight excluding hydrogens is 308 g/mol. The molecule has 7 nitrogen and oxygen atoms in total. The smallest absolute Gasteiger partial charge is 0.270 e. The van der Waals surface area contributed by atoms with Gasteiger partial charge in [0, 0.05) is 38.4 Å². The second-order valence-corrected chi connectivity index (χ2v) is 6.01. The predicted octanol–water partition coefficient (Wildman–Crippen LogP) is 0.745. The summed E-state index contributed by atoms with van der Waals surface area (Å²) in [7, 11) is 0. The third kappa shape index (κ3) is 3.29. The minimum atomic E-state index is -0.502. The summed E-state index contributed by atoms with van der Waals surface area (Å²) in [4.78, 5) is 42.5. The highest BCUT2D eigenvalue weighted by molar-refractivity contribution is 5.94. The number of nitrogens with one attached hydrogen (secondary N) is 1. The first-order valence-corrected chi connectivity index (χ1v) is 8.10. The van der Waals surface area contributed by atoms with Crippen molar-refractivity contribution in [2.24, 2.45) is 0 Å². The quantitative estimate of drug-likeness (QED) is 0.897. The lowest BCUT2D eigenvalue weighted by Gasteiger charge is -2.15. The summed E-state index contributed by atoms with van der Waals surface area (Å²) >= 11 is 0. The van der Waals surface area contributed by atoms with Gasteiger partial charge in [0.1, 0.15) is 11.2 Å². The summed E-state index contributed by atoms with van der Waals surface area (Å²) in [5.41, 5.74) is 0.963. The number of nitrogens with zero attached hydrogens (tertiary/aromatic N) is 3. The minimum absolute atomic E-state index is 0.0216. The normalized spacial score (nSPS) is 14.1. The van der Waals surface area contributed by atoms with Crippen molar-refractivity contribution in [2.75, 3.05) is 19.6 Å². The van der Waals surface area contributed by atoms with E-state index in [1.54, 1.807) is 17.2 Å². The molecule has 1 fully saturated rings. The number of hydrogen-bond acceptors (Lipinski definition) is 4. The second-order valence-electron chi connectivity index (χ2n) is 6.01. The van der Waals surface area contributed by atoms with Gasteiger partial charge in [-0.05, 0) is 31.4 Å². The van der Waals surface area contributed by atoms with Crippen molar-refractivity contribution in [2.45, 2.75) is 26.2 Å². The van der Waals surface area contributed by atoms with Gasteiger partial charge in [-0.2, -0.15) is 0 Å². The summed E-state index contributed by atoms with van der Waals surface area (Å²) in [5.74, 6) is -0.464. The predicted molar refractivity (Wildman–Crippen MR) is 89.0 cm³/mol. The number of aryl methyl sites for hydroxylation is 1. The number of carbonyl (C=O) groups excluding carboxylic acids is 2. The molecule has 1 aliphatic heterocycles. The highest BCUT2D eigenvalue weighted by atomic mass is 16.2. The van der Waals surface area contributed by atoms with Gasteiger partial charge in [0.25, 0.3) is 11.5 Å². The Hall–Kier alpha value is -2.70. The third-order valence-electron chi connectivity index (χ3n) is 4.18. The van der Waals surface area contributed by atoms with Gasteiger partial charge >= 0.3 is 0 Å². The van der Waals surface area contributed by atoms with Gasteiger partial charge in [0.15, 0.2) is 0 Å². The van der Waals surface area contributed by atoms with E-state index >= 15 is 0 Å². The fourth-order valence-corrected chi connectivity index (χ4v) is 2.84. The third-order valence-corrected chi connectivity index (χ3v) is 4.18. The number of pyridine rings is 1. The van der Waals surface area contributed by atoms with Gasteiger partial charge in [-0.15, -0.1) is 0 Å². The molecule has 0 spiro atoms. The van der Waals surface area contributed by atoms with Gasteiger partial charge in [-0.3, -0.25) is 18.8 Å². The van der Waals surface area contributed by atoms with Crippen LogP contribution in [0.25, 0.3) is 5.65 Å². The number of carbonyl (C=O) groups is 2. The fourth-order valence-electron chi connectivity index (χ4n) is 2.84. The molecule has 7 heteroatoms. The van der Waals surface area contributed by atoms with Crippen molar-refractivity contribution >= 4 is 17.5 Å². The van der Waals surface area contributed by atoms with Crippen molar-refractivity contribution in [3.05, 3.63) is 46.0 Å². The molecule has 0 atom stereocenters. The maximum atomic E-state index is 12.4. The summed E-state index contributed by atoms with van der Waals surface area (Å²) in [6.45, 7) is 3.66. The van der Waals surface area contributed by atoms with E-state index in [4.69, 9.17) is 0 Å². The van der Waals surface area contributed by atoms with Gasteiger partial charge in [-0.1, -0.05) is 6.07 Å². The molecular formula is C17H20N4O3. The number of hydrogen-bond donors (Lipinski definition) is 1. The average Bonchev–Trinajstić information content (AvgIpc) is 3.10. The number of rotatable bonds is 4. The van der Waals surface area contributed by atoms with E-state index < -0.39 is 11.5 Å². The molecule has 126 valence electrons. The van der Waals surface area contributed by atoms with E-state index in [-0.39, 0.29) is 24.4 Å². The second kappa shape index (κ2) is 6.82. The molecule has 3 rings (SSSR count). The van der Waals surface area contributed by atoms with Crippen molar-refractivity contribution in [1.82, 2.24) is 19.6 Å². The SMILES string of the molecule is Cc1ccc2ncc(C(=O)NCCC(=O)N3CCCC3)c(=O)n2c1. The first kappa shape index (κ1) is 16.2. The Bertz CT molecular complexity index is 837. The van der Waals surface area contributed by atoms with E-state index in [0.29, 0.717) is 5.65 Å². The highest BCUT2D eigenvalue weighted by Gasteiger charge is 2.18. The van der Waals surface area contributed by atoms with Gasteiger partial charge < -0.3 is 10.2 Å². The van der Waals surface area contributed by atoms with E-state index in [1.165, 1.54) is 10.6 Å². The molecule has 3 heterocycles. The van der Waals surface area contributed by atoms with Crippen LogP contribution in [0.2, 0.25) is 0 Å². The zero-order valence-corrected chi connectivity index (χ0v) is 13.6. The van der Waals surface area contributed by atoms with Crippen molar-refractivity contribution in [3.8, 4) is 0 Å². The molecule has 0 unspecified atom stereocenters. The molecule has 0 bridgehead atoms. The number of fused-ring (bicyclic) bond motifs is 1. The van der Waals surface area contributed by atoms with E-state index in [9.17, 15) is 14.4 Å². The van der Waals surface area contributed by atoms with Gasteiger partial charge in [0.2, 0.25) is 5.91 Å². The Balaban J connectivity index is 1.66. The summed E-state index contributed by atoms with van der Waals surface area (Å²) in [6, 6.07) is 3.58. The number of aromatic nitrogens is 2. The molecule has 1 N–H and O–H groups in total. The Labute approximate surface area is 139 Å². The Kier molecular flexibility index (Phi) is 4.59. The number of amides is 2. The van der Waals surface area contributed by atoms with Crippen molar-refractivity contribution < 1.29 is 9.59 Å². The van der Waals surface area contributed by atoms with Crippen LogP contribution in [0.5, 0.6) is 0 Å². The number of likely N-dealkylation sites (tertiary alicyclic amines) is 1. The molecule has 0 aromatic carbocycles. The van der Waals surface area contributed by atoms with Crippen LogP contribution in [0.4, 0.5) is 0 Å². The first-order valence-electron chi connectivity index (χ1n) is 8.10. The van der Waals surface area contributed by atoms with Crippen LogP contribution >= 0.6 is 0 Å². The molecule has 1 saturated heterocycles. The molecule has 24 heavy (non-hydrogen) atoms. The van der Waals surface area contributed by atoms with Crippen LogP contribution in [0.1, 0.15) is 35.2 Å². The van der Waals surface area contributed by atoms with E-state index in [0.717, 1.165) is 31.5 Å². The summed E-state index contributed by atoms with van der Waals surface area (Å²) < 4.78 is 1.36. The zero-order chi connectivity index (χ0) is 17.1. The Morgan fingerprint density at radius 2 is 2.00 bits per heavy atom. The average molecular weight is 328 g/mol. The largest absolute Gasteiger partial charge is 0.351 e.